The molecule has 2 aromatic rings. The maximum atomic E-state index is 12.2. The number of amides is 1. The van der Waals surface area contributed by atoms with Crippen LogP contribution in [0, 0.1) is 0 Å². The molecule has 0 saturated carbocycles. The predicted octanol–water partition coefficient (Wildman–Crippen LogP) is 2.01. The fourth-order valence-electron chi connectivity index (χ4n) is 3.05. The normalized spacial score (nSPS) is 18.9. The summed E-state index contributed by atoms with van der Waals surface area (Å²) >= 11 is 0. The fourth-order valence-corrected chi connectivity index (χ4v) is 3.05. The van der Waals surface area contributed by atoms with Gasteiger partial charge in [-0.3, -0.25) is 4.79 Å². The maximum Gasteiger partial charge on any atom is 0.224 e. The summed E-state index contributed by atoms with van der Waals surface area (Å²) in [5.41, 5.74) is 1.17. The molecule has 1 aliphatic heterocycles. The molecule has 4 nitrogen and oxygen atoms in total. The summed E-state index contributed by atoms with van der Waals surface area (Å²) < 4.78 is 2.12. The van der Waals surface area contributed by atoms with E-state index in [9.17, 15) is 9.90 Å². The highest BCUT2D eigenvalue weighted by atomic mass is 16.3. The van der Waals surface area contributed by atoms with Crippen molar-refractivity contribution in [2.45, 2.75) is 31.8 Å². The van der Waals surface area contributed by atoms with E-state index in [1.54, 1.807) is 0 Å². The van der Waals surface area contributed by atoms with Crippen molar-refractivity contribution in [2.24, 2.45) is 0 Å². The van der Waals surface area contributed by atoms with Gasteiger partial charge in [-0.15, -0.1) is 0 Å². The van der Waals surface area contributed by atoms with Gasteiger partial charge in [-0.2, -0.15) is 0 Å². The summed E-state index contributed by atoms with van der Waals surface area (Å²) in [5, 5.41) is 10.5. The van der Waals surface area contributed by atoms with E-state index in [1.165, 1.54) is 10.9 Å². The molecule has 3 rings (SSSR count). The fraction of sp³-hybridized carbons (Fsp3) is 0.438. The number of nitrogens with zero attached hydrogens (tertiary/aromatic N) is 2. The minimum Gasteiger partial charge on any atom is -0.394 e. The van der Waals surface area contributed by atoms with E-state index in [0.717, 1.165) is 19.4 Å². The van der Waals surface area contributed by atoms with Crippen LogP contribution in [0.25, 0.3) is 10.9 Å². The Bertz CT molecular complexity index is 605. The van der Waals surface area contributed by atoms with Crippen molar-refractivity contribution in [3.8, 4) is 0 Å². The zero-order valence-corrected chi connectivity index (χ0v) is 11.5. The van der Waals surface area contributed by atoms with E-state index in [-0.39, 0.29) is 18.6 Å². The molecule has 1 aromatic carbocycles. The third-order valence-corrected chi connectivity index (χ3v) is 4.16. The molecule has 0 bridgehead atoms. The molecule has 1 N–H and O–H groups in total. The molecule has 1 fully saturated rings. The Morgan fingerprint density at radius 2 is 2.15 bits per heavy atom. The number of para-hydroxylation sites is 1. The number of likely N-dealkylation sites (tertiary alicyclic amines) is 1. The standard InChI is InChI=1S/C16H20N2O2/c19-12-14-5-3-9-18(14)16(20)8-11-17-10-7-13-4-1-2-6-15(13)17/h1-2,4,6-7,10,14,19H,3,5,8-9,11-12H2/t14-/m0/s1. The van der Waals surface area contributed by atoms with Crippen LogP contribution < -0.4 is 0 Å². The molecular weight excluding hydrogens is 252 g/mol. The van der Waals surface area contributed by atoms with Crippen molar-refractivity contribution in [2.75, 3.05) is 13.2 Å². The number of aryl methyl sites for hydroxylation is 1. The molecule has 0 spiro atoms. The van der Waals surface area contributed by atoms with Gasteiger partial charge in [0.05, 0.1) is 12.6 Å². The Kier molecular flexibility index (Phi) is 3.74. The number of hydrogen-bond donors (Lipinski definition) is 1. The van der Waals surface area contributed by atoms with Crippen LogP contribution in [0.2, 0.25) is 0 Å². The lowest BCUT2D eigenvalue weighted by molar-refractivity contribution is -0.132. The second kappa shape index (κ2) is 5.67. The summed E-state index contributed by atoms with van der Waals surface area (Å²) in [4.78, 5) is 14.1. The van der Waals surface area contributed by atoms with Gasteiger partial charge in [-0.05, 0) is 30.4 Å². The van der Waals surface area contributed by atoms with Crippen molar-refractivity contribution in [3.63, 3.8) is 0 Å². The van der Waals surface area contributed by atoms with E-state index in [0.29, 0.717) is 13.0 Å². The van der Waals surface area contributed by atoms with E-state index in [4.69, 9.17) is 0 Å². The second-order valence-corrected chi connectivity index (χ2v) is 5.38. The smallest absolute Gasteiger partial charge is 0.224 e. The van der Waals surface area contributed by atoms with Gasteiger partial charge in [-0.1, -0.05) is 18.2 Å². The molecule has 1 aliphatic rings. The molecular formula is C16H20N2O2. The Balaban J connectivity index is 1.66. The number of aliphatic hydroxyl groups excluding tert-OH is 1. The molecule has 1 aromatic heterocycles. The van der Waals surface area contributed by atoms with E-state index < -0.39 is 0 Å². The highest BCUT2D eigenvalue weighted by Gasteiger charge is 2.27. The number of aliphatic hydroxyl groups is 1. The van der Waals surface area contributed by atoms with Gasteiger partial charge >= 0.3 is 0 Å². The van der Waals surface area contributed by atoms with Gasteiger partial charge in [0.1, 0.15) is 0 Å². The SMILES string of the molecule is O=C(CCn1ccc2ccccc21)N1CCC[C@H]1CO. The largest absolute Gasteiger partial charge is 0.394 e. The second-order valence-electron chi connectivity index (χ2n) is 5.38. The van der Waals surface area contributed by atoms with Gasteiger partial charge in [0.2, 0.25) is 5.91 Å². The first kappa shape index (κ1) is 13.2. The minimum absolute atomic E-state index is 0.0314. The lowest BCUT2D eigenvalue weighted by atomic mass is 10.2. The first-order chi connectivity index (χ1) is 9.79. The average molecular weight is 272 g/mol. The van der Waals surface area contributed by atoms with Crippen LogP contribution in [-0.4, -0.2) is 39.7 Å². The first-order valence-corrected chi connectivity index (χ1v) is 7.24. The topological polar surface area (TPSA) is 45.5 Å². The number of hydrogen-bond acceptors (Lipinski definition) is 2. The van der Waals surface area contributed by atoms with Crippen LogP contribution in [0.3, 0.4) is 0 Å². The quantitative estimate of drug-likeness (QED) is 0.925. The predicted molar refractivity (Wildman–Crippen MR) is 78.4 cm³/mol. The van der Waals surface area contributed by atoms with Crippen LogP contribution in [0.15, 0.2) is 36.5 Å². The van der Waals surface area contributed by atoms with Crippen molar-refractivity contribution in [3.05, 3.63) is 36.5 Å². The third-order valence-electron chi connectivity index (χ3n) is 4.16. The molecule has 0 unspecified atom stereocenters. The molecule has 1 saturated heterocycles. The highest BCUT2D eigenvalue weighted by Crippen LogP contribution is 2.19. The van der Waals surface area contributed by atoms with Gasteiger partial charge in [0.25, 0.3) is 0 Å². The van der Waals surface area contributed by atoms with Crippen LogP contribution in [0.1, 0.15) is 19.3 Å². The number of rotatable bonds is 4. The molecule has 106 valence electrons. The van der Waals surface area contributed by atoms with E-state index in [1.807, 2.05) is 23.2 Å². The summed E-state index contributed by atoms with van der Waals surface area (Å²) in [6.45, 7) is 1.57. The Labute approximate surface area is 118 Å². The van der Waals surface area contributed by atoms with Crippen molar-refractivity contribution in [1.82, 2.24) is 9.47 Å². The lowest BCUT2D eigenvalue weighted by Gasteiger charge is -2.23. The molecule has 2 heterocycles. The Hall–Kier alpha value is -1.81. The summed E-state index contributed by atoms with van der Waals surface area (Å²) in [6, 6.07) is 10.3. The van der Waals surface area contributed by atoms with Crippen LogP contribution >= 0.6 is 0 Å². The number of carbonyl (C=O) groups is 1. The van der Waals surface area contributed by atoms with Crippen LogP contribution in [0.5, 0.6) is 0 Å². The average Bonchev–Trinajstić information content (AvgIpc) is 3.11. The summed E-state index contributed by atoms with van der Waals surface area (Å²) in [6.07, 6.45) is 4.46. The first-order valence-electron chi connectivity index (χ1n) is 7.24. The van der Waals surface area contributed by atoms with Crippen molar-refractivity contribution >= 4 is 16.8 Å². The molecule has 0 radical (unpaired) electrons. The van der Waals surface area contributed by atoms with Gasteiger partial charge < -0.3 is 14.6 Å². The molecule has 1 atom stereocenters. The summed E-state index contributed by atoms with van der Waals surface area (Å²) in [7, 11) is 0. The molecule has 4 heteroatoms. The molecule has 20 heavy (non-hydrogen) atoms. The summed E-state index contributed by atoms with van der Waals surface area (Å²) in [5.74, 6) is 0.152. The minimum atomic E-state index is 0.0314. The zero-order chi connectivity index (χ0) is 13.9. The highest BCUT2D eigenvalue weighted by molar-refractivity contribution is 5.80. The Morgan fingerprint density at radius 3 is 3.00 bits per heavy atom. The van der Waals surface area contributed by atoms with Crippen LogP contribution in [-0.2, 0) is 11.3 Å². The molecule has 1 amide bonds. The van der Waals surface area contributed by atoms with Gasteiger partial charge in [-0.25, -0.2) is 0 Å². The monoisotopic (exact) mass is 272 g/mol. The number of fused-ring (bicyclic) bond motifs is 1. The number of carbonyl (C=O) groups excluding carboxylic acids is 1. The third kappa shape index (κ3) is 2.43. The molecule has 0 aliphatic carbocycles. The van der Waals surface area contributed by atoms with E-state index >= 15 is 0 Å². The van der Waals surface area contributed by atoms with E-state index in [2.05, 4.69) is 22.8 Å². The maximum absolute atomic E-state index is 12.2. The van der Waals surface area contributed by atoms with Crippen molar-refractivity contribution < 1.29 is 9.90 Å². The lowest BCUT2D eigenvalue weighted by Crippen LogP contribution is -2.37. The van der Waals surface area contributed by atoms with Gasteiger partial charge in [0, 0.05) is 31.2 Å². The number of benzene rings is 1. The zero-order valence-electron chi connectivity index (χ0n) is 11.5. The van der Waals surface area contributed by atoms with Crippen molar-refractivity contribution in [1.29, 1.82) is 0 Å². The number of aromatic nitrogens is 1. The Morgan fingerprint density at radius 1 is 1.30 bits per heavy atom. The van der Waals surface area contributed by atoms with Crippen LogP contribution in [0.4, 0.5) is 0 Å². The van der Waals surface area contributed by atoms with Gasteiger partial charge in [0.15, 0.2) is 0 Å².